The second kappa shape index (κ2) is 9.22. The van der Waals surface area contributed by atoms with Crippen LogP contribution in [0.15, 0.2) is 60.9 Å². The molecule has 0 aliphatic carbocycles. The fourth-order valence-electron chi connectivity index (χ4n) is 4.34. The van der Waals surface area contributed by atoms with Crippen LogP contribution in [0.4, 0.5) is 5.82 Å². The number of nitrogens with zero attached hydrogens (tertiary/aromatic N) is 3. The molecular formula is C23H22Cl2N4O2. The molecule has 0 spiro atoms. The van der Waals surface area contributed by atoms with Crippen LogP contribution in [0.2, 0.25) is 10.0 Å². The Morgan fingerprint density at radius 2 is 1.58 bits per heavy atom. The highest BCUT2D eigenvalue weighted by Gasteiger charge is 2.39. The maximum absolute atomic E-state index is 12.1. The molecule has 3 N–H and O–H groups in total. The van der Waals surface area contributed by atoms with Gasteiger partial charge in [-0.1, -0.05) is 47.5 Å². The van der Waals surface area contributed by atoms with E-state index in [1.54, 1.807) is 6.20 Å². The highest BCUT2D eigenvalue weighted by Crippen LogP contribution is 2.46. The molecule has 3 unspecified atom stereocenters. The number of aliphatic hydroxyl groups is 1. The van der Waals surface area contributed by atoms with Crippen molar-refractivity contribution >= 4 is 34.9 Å². The van der Waals surface area contributed by atoms with Crippen molar-refractivity contribution in [1.29, 1.82) is 0 Å². The van der Waals surface area contributed by atoms with Crippen molar-refractivity contribution in [3.05, 3.63) is 87.8 Å². The van der Waals surface area contributed by atoms with E-state index in [0.29, 0.717) is 22.4 Å². The Labute approximate surface area is 190 Å². The van der Waals surface area contributed by atoms with Crippen molar-refractivity contribution in [2.24, 2.45) is 11.7 Å². The molecular weight excluding hydrogens is 435 g/mol. The number of aromatic nitrogens is 2. The molecule has 1 aliphatic heterocycles. The quantitative estimate of drug-likeness (QED) is 0.599. The van der Waals surface area contributed by atoms with Gasteiger partial charge < -0.3 is 15.7 Å². The Morgan fingerprint density at radius 3 is 2.16 bits per heavy atom. The molecule has 1 fully saturated rings. The van der Waals surface area contributed by atoms with Gasteiger partial charge in [0.25, 0.3) is 5.91 Å². The Balaban J connectivity index is 1.88. The van der Waals surface area contributed by atoms with Crippen LogP contribution in [0.3, 0.4) is 0 Å². The van der Waals surface area contributed by atoms with E-state index in [9.17, 15) is 9.90 Å². The molecule has 0 radical (unpaired) electrons. The minimum Gasteiger partial charge on any atom is -0.396 e. The number of carbonyl (C=O) groups is 1. The van der Waals surface area contributed by atoms with Gasteiger partial charge in [0.2, 0.25) is 0 Å². The Kier molecular flexibility index (Phi) is 6.41. The molecule has 2 aromatic carbocycles. The van der Waals surface area contributed by atoms with Crippen LogP contribution in [0.25, 0.3) is 0 Å². The summed E-state index contributed by atoms with van der Waals surface area (Å²) in [5.74, 6) is -0.252. The number of halogens is 2. The van der Waals surface area contributed by atoms with Crippen LogP contribution in [-0.2, 0) is 0 Å². The molecule has 8 heteroatoms. The highest BCUT2D eigenvalue weighted by atomic mass is 35.5. The number of hydrogen-bond donors (Lipinski definition) is 2. The first kappa shape index (κ1) is 21.6. The molecule has 0 bridgehead atoms. The van der Waals surface area contributed by atoms with Gasteiger partial charge in [-0.2, -0.15) is 0 Å². The number of primary amides is 1. The zero-order chi connectivity index (χ0) is 22.0. The first-order valence-electron chi connectivity index (χ1n) is 9.97. The largest absolute Gasteiger partial charge is 0.396 e. The van der Waals surface area contributed by atoms with Gasteiger partial charge in [0.05, 0.1) is 6.04 Å². The molecule has 4 rings (SSSR count). The average Bonchev–Trinajstić information content (AvgIpc) is 2.79. The number of hydrogen-bond acceptors (Lipinski definition) is 5. The lowest BCUT2D eigenvalue weighted by molar-refractivity contribution is 0.0995. The SMILES string of the molecule is NC(=O)c1nccnc1N1CC(CO)CC(c2ccc(Cl)cc2)C1c1ccc(Cl)cc1. The van der Waals surface area contributed by atoms with Gasteiger partial charge in [0, 0.05) is 47.4 Å². The van der Waals surface area contributed by atoms with Crippen molar-refractivity contribution in [3.63, 3.8) is 0 Å². The number of nitrogens with two attached hydrogens (primary N) is 1. The van der Waals surface area contributed by atoms with Crippen LogP contribution in [0.1, 0.15) is 40.0 Å². The second-order valence-electron chi connectivity index (χ2n) is 7.68. The summed E-state index contributed by atoms with van der Waals surface area (Å²) >= 11 is 12.3. The second-order valence-corrected chi connectivity index (χ2v) is 8.56. The minimum absolute atomic E-state index is 0.00655. The molecule has 0 saturated carbocycles. The van der Waals surface area contributed by atoms with Gasteiger partial charge in [-0.15, -0.1) is 0 Å². The number of carbonyl (C=O) groups excluding carboxylic acids is 1. The van der Waals surface area contributed by atoms with Gasteiger partial charge >= 0.3 is 0 Å². The number of benzene rings is 2. The lowest BCUT2D eigenvalue weighted by Crippen LogP contribution is -2.45. The topological polar surface area (TPSA) is 92.3 Å². The number of amides is 1. The molecule has 31 heavy (non-hydrogen) atoms. The molecule has 1 aliphatic rings. The molecule has 160 valence electrons. The Bertz CT molecular complexity index is 1060. The normalized spacial score (nSPS) is 21.1. The average molecular weight is 457 g/mol. The summed E-state index contributed by atoms with van der Waals surface area (Å²) in [4.78, 5) is 22.8. The standard InChI is InChI=1S/C23H22Cl2N4O2/c24-17-5-1-15(2-6-17)19-11-14(13-30)12-29(21(19)16-3-7-18(25)8-4-16)23-20(22(26)31)27-9-10-28-23/h1-10,14,19,21,30H,11-13H2,(H2,26,31). The van der Waals surface area contributed by atoms with Crippen LogP contribution in [0, 0.1) is 5.92 Å². The van der Waals surface area contributed by atoms with E-state index in [1.165, 1.54) is 6.20 Å². The van der Waals surface area contributed by atoms with Gasteiger partial charge in [-0.3, -0.25) is 4.79 Å². The third-order valence-electron chi connectivity index (χ3n) is 5.71. The third-order valence-corrected chi connectivity index (χ3v) is 6.22. The summed E-state index contributed by atoms with van der Waals surface area (Å²) in [5, 5.41) is 11.3. The van der Waals surface area contributed by atoms with E-state index < -0.39 is 5.91 Å². The van der Waals surface area contributed by atoms with Gasteiger partial charge in [-0.05, 0) is 41.8 Å². The van der Waals surface area contributed by atoms with Crippen LogP contribution in [0.5, 0.6) is 0 Å². The molecule has 1 aromatic heterocycles. The maximum atomic E-state index is 12.1. The van der Waals surface area contributed by atoms with Crippen LogP contribution in [-0.4, -0.2) is 34.1 Å². The zero-order valence-electron chi connectivity index (χ0n) is 16.7. The first-order chi connectivity index (χ1) is 15.0. The monoisotopic (exact) mass is 456 g/mol. The lowest BCUT2D eigenvalue weighted by atomic mass is 9.76. The van der Waals surface area contributed by atoms with Gasteiger partial charge in [0.15, 0.2) is 11.5 Å². The smallest absolute Gasteiger partial charge is 0.271 e. The summed E-state index contributed by atoms with van der Waals surface area (Å²) in [6.07, 6.45) is 3.75. The van der Waals surface area contributed by atoms with Crippen LogP contribution >= 0.6 is 23.2 Å². The maximum Gasteiger partial charge on any atom is 0.271 e. The summed E-state index contributed by atoms with van der Waals surface area (Å²) in [6, 6.07) is 15.2. The lowest BCUT2D eigenvalue weighted by Gasteiger charge is -2.46. The number of piperidine rings is 1. The Hall–Kier alpha value is -2.67. The van der Waals surface area contributed by atoms with Crippen molar-refractivity contribution in [3.8, 4) is 0 Å². The number of rotatable bonds is 5. The summed E-state index contributed by atoms with van der Waals surface area (Å²) in [6.45, 7) is 0.521. The molecule has 1 amide bonds. The van der Waals surface area contributed by atoms with E-state index in [2.05, 4.69) is 9.97 Å². The van der Waals surface area contributed by atoms with Crippen molar-refractivity contribution in [2.75, 3.05) is 18.1 Å². The Morgan fingerprint density at radius 1 is 1.00 bits per heavy atom. The molecule has 2 heterocycles. The fourth-order valence-corrected chi connectivity index (χ4v) is 4.59. The van der Waals surface area contributed by atoms with Gasteiger partial charge in [0.1, 0.15) is 0 Å². The summed E-state index contributed by atoms with van der Waals surface area (Å²) in [7, 11) is 0. The molecule has 3 atom stereocenters. The summed E-state index contributed by atoms with van der Waals surface area (Å²) in [5.41, 5.74) is 7.81. The molecule has 1 saturated heterocycles. The predicted molar refractivity (Wildman–Crippen MR) is 121 cm³/mol. The minimum atomic E-state index is -0.646. The van der Waals surface area contributed by atoms with E-state index in [0.717, 1.165) is 17.5 Å². The van der Waals surface area contributed by atoms with E-state index in [4.69, 9.17) is 28.9 Å². The zero-order valence-corrected chi connectivity index (χ0v) is 18.2. The van der Waals surface area contributed by atoms with E-state index >= 15 is 0 Å². The third kappa shape index (κ3) is 4.51. The predicted octanol–water partition coefficient (Wildman–Crippen LogP) is 4.23. The number of anilines is 1. The molecule has 3 aromatic rings. The van der Waals surface area contributed by atoms with Crippen molar-refractivity contribution < 1.29 is 9.90 Å². The molecule has 6 nitrogen and oxygen atoms in total. The van der Waals surface area contributed by atoms with Gasteiger partial charge in [-0.25, -0.2) is 9.97 Å². The van der Waals surface area contributed by atoms with Crippen molar-refractivity contribution in [2.45, 2.75) is 18.4 Å². The summed E-state index contributed by atoms with van der Waals surface area (Å²) < 4.78 is 0. The van der Waals surface area contributed by atoms with E-state index in [-0.39, 0.29) is 30.2 Å². The van der Waals surface area contributed by atoms with Crippen LogP contribution < -0.4 is 10.6 Å². The fraction of sp³-hybridized carbons (Fsp3) is 0.261. The van der Waals surface area contributed by atoms with Crippen molar-refractivity contribution in [1.82, 2.24) is 9.97 Å². The van der Waals surface area contributed by atoms with E-state index in [1.807, 2.05) is 53.4 Å². The first-order valence-corrected chi connectivity index (χ1v) is 10.7. The highest BCUT2D eigenvalue weighted by molar-refractivity contribution is 6.30. The number of aliphatic hydroxyl groups excluding tert-OH is 1.